The molecule has 6 aromatic rings. The molecule has 4 heterocycles. The lowest BCUT2D eigenvalue weighted by atomic mass is 9.97. The fraction of sp³-hybridized carbons (Fsp3) is 0.162. The van der Waals surface area contributed by atoms with E-state index in [0.717, 1.165) is 38.4 Å². The van der Waals surface area contributed by atoms with E-state index in [1.165, 1.54) is 22.7 Å². The number of hydrogen-bond acceptors (Lipinski definition) is 8. The Morgan fingerprint density at radius 1 is 0.957 bits per heavy atom. The molecule has 3 aromatic carbocycles. The summed E-state index contributed by atoms with van der Waals surface area (Å²) in [6.07, 6.45) is 3.98. The van der Waals surface area contributed by atoms with Crippen molar-refractivity contribution in [1.29, 1.82) is 0 Å². The molecule has 236 valence electrons. The van der Waals surface area contributed by atoms with Crippen molar-refractivity contribution in [3.05, 3.63) is 144 Å². The van der Waals surface area contributed by atoms with E-state index in [1.54, 1.807) is 18.6 Å². The van der Waals surface area contributed by atoms with Gasteiger partial charge in [-0.15, -0.1) is 11.3 Å². The SMILES string of the molecule is CCOC(=O)C1=C(c2ccccc2)N=c2s/c(=C\c3cn(CCOc4ccc(OC)cc4)c4ccccc34)c(=O)n2[C@@H]1c1cccs1. The molecule has 47 heavy (non-hydrogen) atoms. The van der Waals surface area contributed by atoms with Crippen molar-refractivity contribution in [1.82, 2.24) is 9.13 Å². The van der Waals surface area contributed by atoms with Crippen LogP contribution < -0.4 is 24.4 Å². The van der Waals surface area contributed by atoms with Gasteiger partial charge in [0.05, 0.1) is 36.1 Å². The minimum absolute atomic E-state index is 0.208. The van der Waals surface area contributed by atoms with Crippen LogP contribution in [0.4, 0.5) is 0 Å². The van der Waals surface area contributed by atoms with Crippen LogP contribution in [-0.4, -0.2) is 35.4 Å². The summed E-state index contributed by atoms with van der Waals surface area (Å²) in [4.78, 5) is 34.2. The van der Waals surface area contributed by atoms with Gasteiger partial charge >= 0.3 is 5.97 Å². The highest BCUT2D eigenvalue weighted by atomic mass is 32.1. The van der Waals surface area contributed by atoms with Crippen LogP contribution in [0, 0.1) is 0 Å². The minimum atomic E-state index is -0.667. The van der Waals surface area contributed by atoms with Crippen molar-refractivity contribution in [2.45, 2.75) is 19.5 Å². The van der Waals surface area contributed by atoms with E-state index in [0.29, 0.717) is 33.8 Å². The molecule has 1 aliphatic heterocycles. The molecule has 0 saturated carbocycles. The van der Waals surface area contributed by atoms with Gasteiger partial charge in [-0.2, -0.15) is 0 Å². The molecule has 0 radical (unpaired) electrons. The first-order chi connectivity index (χ1) is 23.1. The molecule has 1 atom stereocenters. The number of esters is 1. The number of para-hydroxylation sites is 1. The molecular weight excluding hydrogens is 631 g/mol. The molecule has 0 aliphatic carbocycles. The van der Waals surface area contributed by atoms with E-state index >= 15 is 0 Å². The van der Waals surface area contributed by atoms with Gasteiger partial charge in [-0.25, -0.2) is 9.79 Å². The van der Waals surface area contributed by atoms with Crippen LogP contribution in [0.1, 0.15) is 29.0 Å². The molecule has 0 N–H and O–H groups in total. The number of ether oxygens (including phenoxy) is 3. The van der Waals surface area contributed by atoms with Crippen LogP contribution in [0.25, 0.3) is 22.7 Å². The van der Waals surface area contributed by atoms with Crippen LogP contribution >= 0.6 is 22.7 Å². The average Bonchev–Trinajstić information content (AvgIpc) is 3.84. The van der Waals surface area contributed by atoms with Crippen LogP contribution in [0.2, 0.25) is 0 Å². The maximum Gasteiger partial charge on any atom is 0.338 e. The molecule has 1 aliphatic rings. The Hall–Kier alpha value is -5.19. The van der Waals surface area contributed by atoms with Gasteiger partial charge in [0.15, 0.2) is 4.80 Å². The standard InChI is InChI=1S/C37H31N3O5S2/c1-3-44-36(42)32-33(24-10-5-4-6-11-24)38-37-40(34(32)30-14-9-21-46-30)35(41)31(47-37)22-25-23-39(29-13-8-7-12-28(25)29)19-20-45-27-17-15-26(43-2)16-18-27/h4-18,21-23,34H,3,19-20H2,1-2H3/b31-22-/t34-/m1/s1. The second kappa shape index (κ2) is 13.3. The summed E-state index contributed by atoms with van der Waals surface area (Å²) >= 11 is 2.82. The topological polar surface area (TPSA) is 84.1 Å². The molecule has 0 saturated heterocycles. The second-order valence-electron chi connectivity index (χ2n) is 10.8. The van der Waals surface area contributed by atoms with E-state index < -0.39 is 12.0 Å². The van der Waals surface area contributed by atoms with Crippen molar-refractivity contribution < 1.29 is 19.0 Å². The van der Waals surface area contributed by atoms with Gasteiger partial charge in [-0.1, -0.05) is 65.9 Å². The zero-order valence-corrected chi connectivity index (χ0v) is 27.4. The Balaban J connectivity index is 1.32. The highest BCUT2D eigenvalue weighted by Gasteiger charge is 2.35. The summed E-state index contributed by atoms with van der Waals surface area (Å²) in [6.45, 7) is 3.06. The van der Waals surface area contributed by atoms with E-state index in [1.807, 2.05) is 90.3 Å². The predicted molar refractivity (Wildman–Crippen MR) is 186 cm³/mol. The number of methoxy groups -OCH3 is 1. The lowest BCUT2D eigenvalue weighted by Crippen LogP contribution is -2.39. The summed E-state index contributed by atoms with van der Waals surface area (Å²) in [5.74, 6) is 1.06. The summed E-state index contributed by atoms with van der Waals surface area (Å²) in [5.41, 5.74) is 3.40. The van der Waals surface area contributed by atoms with E-state index in [2.05, 4.69) is 22.9 Å². The highest BCUT2D eigenvalue weighted by molar-refractivity contribution is 7.10. The summed E-state index contributed by atoms with van der Waals surface area (Å²) in [6, 6.07) is 28.4. The number of aromatic nitrogens is 2. The molecule has 10 heteroatoms. The fourth-order valence-corrected chi connectivity index (χ4v) is 7.62. The second-order valence-corrected chi connectivity index (χ2v) is 12.8. The van der Waals surface area contributed by atoms with Gasteiger partial charge in [-0.05, 0) is 54.8 Å². The smallest absolute Gasteiger partial charge is 0.338 e. The summed E-state index contributed by atoms with van der Waals surface area (Å²) < 4.78 is 21.1. The van der Waals surface area contributed by atoms with E-state index in [-0.39, 0.29) is 12.2 Å². The predicted octanol–water partition coefficient (Wildman–Crippen LogP) is 6.04. The molecule has 0 unspecified atom stereocenters. The monoisotopic (exact) mass is 661 g/mol. The third-order valence-electron chi connectivity index (χ3n) is 7.95. The third kappa shape index (κ3) is 5.93. The first-order valence-electron chi connectivity index (χ1n) is 15.2. The number of rotatable bonds is 10. The number of nitrogens with zero attached hydrogens (tertiary/aromatic N) is 3. The van der Waals surface area contributed by atoms with Gasteiger partial charge < -0.3 is 18.8 Å². The third-order valence-corrected chi connectivity index (χ3v) is 9.86. The largest absolute Gasteiger partial charge is 0.497 e. The Morgan fingerprint density at radius 3 is 2.47 bits per heavy atom. The van der Waals surface area contributed by atoms with Crippen molar-refractivity contribution in [2.24, 2.45) is 4.99 Å². The highest BCUT2D eigenvalue weighted by Crippen LogP contribution is 2.37. The number of benzene rings is 3. The number of thiazole rings is 1. The molecular formula is C37H31N3O5S2. The van der Waals surface area contributed by atoms with Gasteiger partial charge in [0.25, 0.3) is 5.56 Å². The Kier molecular flexibility index (Phi) is 8.60. The average molecular weight is 662 g/mol. The van der Waals surface area contributed by atoms with E-state index in [4.69, 9.17) is 19.2 Å². The van der Waals surface area contributed by atoms with E-state index in [9.17, 15) is 9.59 Å². The number of thiophene rings is 1. The molecule has 0 amide bonds. The quantitative estimate of drug-likeness (QED) is 0.167. The van der Waals surface area contributed by atoms with Gasteiger partial charge in [-0.3, -0.25) is 9.36 Å². The van der Waals surface area contributed by atoms with Gasteiger partial charge in [0.2, 0.25) is 0 Å². The summed E-state index contributed by atoms with van der Waals surface area (Å²) in [5, 5.41) is 2.97. The molecule has 0 spiro atoms. The number of carbonyl (C=O) groups is 1. The first-order valence-corrected chi connectivity index (χ1v) is 16.9. The zero-order valence-electron chi connectivity index (χ0n) is 25.8. The fourth-order valence-electron chi connectivity index (χ4n) is 5.81. The Labute approximate surface area is 278 Å². The van der Waals surface area contributed by atoms with Crippen molar-refractivity contribution in [2.75, 3.05) is 20.3 Å². The minimum Gasteiger partial charge on any atom is -0.497 e. The van der Waals surface area contributed by atoms with Gasteiger partial charge in [0, 0.05) is 33.1 Å². The van der Waals surface area contributed by atoms with Gasteiger partial charge in [0.1, 0.15) is 24.1 Å². The Morgan fingerprint density at radius 2 is 1.72 bits per heavy atom. The molecule has 7 rings (SSSR count). The molecule has 0 bridgehead atoms. The number of hydrogen-bond donors (Lipinski definition) is 0. The molecule has 3 aromatic heterocycles. The number of fused-ring (bicyclic) bond motifs is 2. The normalized spacial score (nSPS) is 14.6. The van der Waals surface area contributed by atoms with Crippen LogP contribution in [-0.2, 0) is 16.1 Å². The Bertz CT molecular complexity index is 2260. The molecule has 0 fully saturated rings. The van der Waals surface area contributed by atoms with Crippen LogP contribution in [0.5, 0.6) is 11.5 Å². The lowest BCUT2D eigenvalue weighted by molar-refractivity contribution is -0.138. The first kappa shape index (κ1) is 30.5. The van der Waals surface area contributed by atoms with Crippen molar-refractivity contribution in [3.8, 4) is 11.5 Å². The summed E-state index contributed by atoms with van der Waals surface area (Å²) in [7, 11) is 1.64. The zero-order chi connectivity index (χ0) is 32.3. The number of carbonyl (C=O) groups excluding carboxylic acids is 1. The van der Waals surface area contributed by atoms with Crippen LogP contribution in [0.15, 0.2) is 118 Å². The van der Waals surface area contributed by atoms with Crippen molar-refractivity contribution >= 4 is 51.3 Å². The van der Waals surface area contributed by atoms with Crippen LogP contribution in [0.3, 0.4) is 0 Å². The maximum atomic E-state index is 14.3. The van der Waals surface area contributed by atoms with Crippen molar-refractivity contribution in [3.63, 3.8) is 0 Å². The lowest BCUT2D eigenvalue weighted by Gasteiger charge is -2.24. The maximum absolute atomic E-state index is 14.3. The molecule has 8 nitrogen and oxygen atoms in total.